The molecule has 2 aromatic carbocycles. The third kappa shape index (κ3) is 5.28. The van der Waals surface area contributed by atoms with Crippen LogP contribution in [0.15, 0.2) is 66.9 Å². The fourth-order valence-corrected chi connectivity index (χ4v) is 7.85. The van der Waals surface area contributed by atoms with Crippen molar-refractivity contribution in [2.75, 3.05) is 22.9 Å². The number of pyridine rings is 1. The number of rotatable bonds is 5. The van der Waals surface area contributed by atoms with Crippen LogP contribution >= 0.6 is 47.0 Å². The molecule has 42 heavy (non-hydrogen) atoms. The molecule has 2 saturated heterocycles. The van der Waals surface area contributed by atoms with E-state index in [0.29, 0.717) is 27.0 Å². The quantitative estimate of drug-likeness (QED) is 0.221. The van der Waals surface area contributed by atoms with Gasteiger partial charge in [-0.25, -0.2) is 0 Å². The van der Waals surface area contributed by atoms with E-state index in [0.717, 1.165) is 57.8 Å². The first kappa shape index (κ1) is 29.3. The van der Waals surface area contributed by atoms with Crippen molar-refractivity contribution in [1.29, 1.82) is 0 Å². The molecule has 0 amide bonds. The first-order valence-electron chi connectivity index (χ1n) is 14.3. The maximum Gasteiger partial charge on any atom is 0.174 e. The number of anilines is 2. The molecule has 5 nitrogen and oxygen atoms in total. The van der Waals surface area contributed by atoms with Gasteiger partial charge in [0, 0.05) is 36.4 Å². The lowest BCUT2D eigenvalue weighted by molar-refractivity contribution is 0.357. The van der Waals surface area contributed by atoms with Crippen molar-refractivity contribution >= 4 is 63.5 Å². The lowest BCUT2D eigenvalue weighted by Crippen LogP contribution is -2.38. The van der Waals surface area contributed by atoms with E-state index in [4.69, 9.17) is 52.0 Å². The maximum atomic E-state index is 7.03. The monoisotopic (exact) mass is 637 g/mol. The average molecular weight is 639 g/mol. The van der Waals surface area contributed by atoms with Crippen LogP contribution in [-0.2, 0) is 0 Å². The molecule has 0 spiro atoms. The second kappa shape index (κ2) is 11.7. The predicted molar refractivity (Wildman–Crippen MR) is 180 cm³/mol. The average Bonchev–Trinajstić information content (AvgIpc) is 3.45. The summed E-state index contributed by atoms with van der Waals surface area (Å²) in [7, 11) is 0. The van der Waals surface area contributed by atoms with Gasteiger partial charge >= 0.3 is 0 Å². The summed E-state index contributed by atoms with van der Waals surface area (Å²) in [5.74, 6) is 1.26. The Labute approximate surface area is 268 Å². The Hall–Kier alpha value is -2.77. The maximum absolute atomic E-state index is 7.03. The minimum absolute atomic E-state index is 0.176. The Morgan fingerprint density at radius 2 is 1.64 bits per heavy atom. The van der Waals surface area contributed by atoms with Crippen molar-refractivity contribution < 1.29 is 0 Å². The number of nitrogens with one attached hydrogen (secondary N) is 1. The van der Waals surface area contributed by atoms with E-state index in [1.165, 1.54) is 6.42 Å². The number of benzene rings is 2. The number of halogens is 3. The van der Waals surface area contributed by atoms with Gasteiger partial charge < -0.3 is 19.7 Å². The number of thiocarbonyl (C=S) groups is 1. The van der Waals surface area contributed by atoms with E-state index in [1.807, 2.05) is 36.5 Å². The van der Waals surface area contributed by atoms with Gasteiger partial charge in [0.05, 0.1) is 44.2 Å². The van der Waals surface area contributed by atoms with E-state index < -0.39 is 0 Å². The normalized spacial score (nSPS) is 22.5. The van der Waals surface area contributed by atoms with Crippen molar-refractivity contribution in [3.63, 3.8) is 0 Å². The second-order valence-electron chi connectivity index (χ2n) is 11.7. The van der Waals surface area contributed by atoms with Crippen LogP contribution in [0.5, 0.6) is 0 Å². The molecule has 0 saturated carbocycles. The number of hydrogen-bond acceptors (Lipinski definition) is 3. The van der Waals surface area contributed by atoms with Crippen LogP contribution in [0.2, 0.25) is 15.1 Å². The predicted octanol–water partition coefficient (Wildman–Crippen LogP) is 9.11. The molecule has 2 fully saturated rings. The third-order valence-electron chi connectivity index (χ3n) is 8.48. The van der Waals surface area contributed by atoms with Gasteiger partial charge in [-0.1, -0.05) is 60.8 Å². The number of hydrogen-bond donors (Lipinski definition) is 1. The summed E-state index contributed by atoms with van der Waals surface area (Å²) in [5, 5.41) is 5.98. The molecule has 0 radical (unpaired) electrons. The Kier molecular flexibility index (Phi) is 8.18. The molecule has 0 unspecified atom stereocenters. The number of aryl methyl sites for hydroxylation is 1. The Bertz CT molecular complexity index is 1630. The van der Waals surface area contributed by atoms with E-state index in [9.17, 15) is 0 Å². The van der Waals surface area contributed by atoms with Crippen LogP contribution in [-0.4, -0.2) is 27.8 Å². The smallest absolute Gasteiger partial charge is 0.174 e. The third-order valence-corrected chi connectivity index (χ3v) is 9.90. The zero-order chi connectivity index (χ0) is 29.7. The Balaban J connectivity index is 1.45. The Morgan fingerprint density at radius 1 is 0.881 bits per heavy atom. The number of nitrogens with zero attached hydrogens (tertiary/aromatic N) is 4. The van der Waals surface area contributed by atoms with Gasteiger partial charge in [-0.3, -0.25) is 4.98 Å². The van der Waals surface area contributed by atoms with Crippen molar-refractivity contribution in [1.82, 2.24) is 14.9 Å². The van der Waals surface area contributed by atoms with E-state index in [1.54, 1.807) is 6.07 Å². The van der Waals surface area contributed by atoms with Crippen LogP contribution in [0.4, 0.5) is 11.4 Å². The highest BCUT2D eigenvalue weighted by Gasteiger charge is 2.42. The summed E-state index contributed by atoms with van der Waals surface area (Å²) in [5.41, 5.74) is 6.99. The second-order valence-corrected chi connectivity index (χ2v) is 13.3. The van der Waals surface area contributed by atoms with Crippen molar-refractivity contribution in [3.05, 3.63) is 105 Å². The van der Waals surface area contributed by atoms with Gasteiger partial charge in [0.1, 0.15) is 0 Å². The van der Waals surface area contributed by atoms with Crippen molar-refractivity contribution in [3.8, 4) is 5.69 Å². The van der Waals surface area contributed by atoms with Gasteiger partial charge in [0.25, 0.3) is 0 Å². The van der Waals surface area contributed by atoms with Gasteiger partial charge in [-0.2, -0.15) is 0 Å². The minimum Gasteiger partial charge on any atom is -0.370 e. The van der Waals surface area contributed by atoms with Crippen LogP contribution in [0.25, 0.3) is 5.69 Å². The summed E-state index contributed by atoms with van der Waals surface area (Å²) < 4.78 is 2.16. The van der Waals surface area contributed by atoms with E-state index in [-0.39, 0.29) is 12.1 Å². The molecule has 6 rings (SSSR count). The topological polar surface area (TPSA) is 36.3 Å². The molecule has 2 aromatic heterocycles. The van der Waals surface area contributed by atoms with E-state index in [2.05, 4.69) is 71.6 Å². The first-order chi connectivity index (χ1) is 20.1. The number of aromatic nitrogens is 2. The molecule has 2 aliphatic heterocycles. The molecule has 9 heteroatoms. The number of piperidine rings is 1. The summed E-state index contributed by atoms with van der Waals surface area (Å²) in [4.78, 5) is 9.32. The summed E-state index contributed by atoms with van der Waals surface area (Å²) in [6, 6.07) is 19.9. The summed E-state index contributed by atoms with van der Waals surface area (Å²) in [6.07, 6.45) is 3.07. The zero-order valence-electron chi connectivity index (χ0n) is 24.1. The minimum atomic E-state index is -0.178. The zero-order valence-corrected chi connectivity index (χ0v) is 27.2. The lowest BCUT2D eigenvalue weighted by atomic mass is 9.91. The van der Waals surface area contributed by atoms with Crippen molar-refractivity contribution in [2.45, 2.75) is 46.2 Å². The molecule has 0 aliphatic carbocycles. The molecule has 4 aromatic rings. The molecular formula is C33H34Cl3N5S. The molecule has 218 valence electrons. The largest absolute Gasteiger partial charge is 0.370 e. The summed E-state index contributed by atoms with van der Waals surface area (Å²) >= 11 is 26.2. The van der Waals surface area contributed by atoms with Gasteiger partial charge in [0.15, 0.2) is 5.11 Å². The molecule has 4 atom stereocenters. The fourth-order valence-electron chi connectivity index (χ4n) is 6.83. The SMILES string of the molecule is Cc1cc([C@@H]2[C@H](c3ccccn3)NC(=S)N2c2ccc(N3C[C@H](C)C[C@@H](C)C3)c(Cl)c2)c(C)n1-c1cccc(Cl)c1Cl. The molecule has 0 bridgehead atoms. The highest BCUT2D eigenvalue weighted by molar-refractivity contribution is 7.80. The summed E-state index contributed by atoms with van der Waals surface area (Å²) in [6.45, 7) is 10.8. The molecular weight excluding hydrogens is 605 g/mol. The van der Waals surface area contributed by atoms with Gasteiger partial charge in [-0.15, -0.1) is 0 Å². The first-order valence-corrected chi connectivity index (χ1v) is 15.9. The van der Waals surface area contributed by atoms with Crippen LogP contribution in [0.3, 0.4) is 0 Å². The van der Waals surface area contributed by atoms with E-state index >= 15 is 0 Å². The standard InChI is InChI=1S/C33H34Cl3N5S/c1-19-14-20(2)18-39(17-19)28-12-11-23(16-26(28)35)41-32(31(38-33(41)42)27-9-5-6-13-37-27)24-15-21(3)40(22(24)4)29-10-7-8-25(34)30(29)36/h5-13,15-16,19-20,31-32H,14,17-18H2,1-4H3,(H,38,42)/t19-,20-,31+,32-/m1/s1. The van der Waals surface area contributed by atoms with Crippen LogP contribution in [0, 0.1) is 25.7 Å². The van der Waals surface area contributed by atoms with Gasteiger partial charge in [0.2, 0.25) is 0 Å². The fraction of sp³-hybridized carbons (Fsp3) is 0.333. The highest BCUT2D eigenvalue weighted by Crippen LogP contribution is 2.46. The Morgan fingerprint density at radius 3 is 2.33 bits per heavy atom. The van der Waals surface area contributed by atoms with Crippen LogP contribution in [0.1, 0.15) is 55.0 Å². The van der Waals surface area contributed by atoms with Crippen molar-refractivity contribution in [2.24, 2.45) is 11.8 Å². The molecule has 4 heterocycles. The molecule has 1 N–H and O–H groups in total. The van der Waals surface area contributed by atoms with Gasteiger partial charge in [-0.05, 0) is 98.4 Å². The molecule has 2 aliphatic rings. The highest BCUT2D eigenvalue weighted by atomic mass is 35.5. The van der Waals surface area contributed by atoms with Crippen LogP contribution < -0.4 is 15.1 Å². The lowest BCUT2D eigenvalue weighted by Gasteiger charge is -2.37.